The van der Waals surface area contributed by atoms with Gasteiger partial charge in [0.25, 0.3) is 0 Å². The van der Waals surface area contributed by atoms with Crippen LogP contribution in [0.3, 0.4) is 0 Å². The van der Waals surface area contributed by atoms with E-state index in [9.17, 15) is 9.59 Å². The maximum absolute atomic E-state index is 12.2. The van der Waals surface area contributed by atoms with Gasteiger partial charge < -0.3 is 14.3 Å². The number of furan rings is 1. The molecule has 7 nitrogen and oxygen atoms in total. The molecule has 3 rings (SSSR count). The number of para-hydroxylation sites is 1. The first-order chi connectivity index (χ1) is 13.6. The normalized spacial score (nSPS) is 10.9. The van der Waals surface area contributed by atoms with E-state index in [1.807, 2.05) is 18.2 Å². The van der Waals surface area contributed by atoms with Crippen molar-refractivity contribution in [2.45, 2.75) is 6.42 Å². The van der Waals surface area contributed by atoms with Crippen LogP contribution in [-0.2, 0) is 11.2 Å². The minimum atomic E-state index is -1.05. The van der Waals surface area contributed by atoms with E-state index in [4.69, 9.17) is 14.3 Å². The van der Waals surface area contributed by atoms with Gasteiger partial charge in [-0.3, -0.25) is 4.79 Å². The van der Waals surface area contributed by atoms with Gasteiger partial charge in [-0.25, -0.2) is 10.2 Å². The third-order valence-corrected chi connectivity index (χ3v) is 3.83. The molecule has 1 aromatic heterocycles. The molecule has 142 valence electrons. The molecule has 0 bridgehead atoms. The maximum Gasteiger partial charge on any atom is 0.341 e. The first-order valence-electron chi connectivity index (χ1n) is 8.47. The van der Waals surface area contributed by atoms with Gasteiger partial charge in [0.1, 0.15) is 11.3 Å². The zero-order chi connectivity index (χ0) is 19.9. The van der Waals surface area contributed by atoms with Crippen molar-refractivity contribution >= 4 is 29.1 Å². The molecule has 0 saturated carbocycles. The molecule has 0 radical (unpaired) electrons. The molecular weight excluding hydrogens is 360 g/mol. The Bertz CT molecular complexity index is 1020. The number of carbonyl (C=O) groups is 2. The molecule has 0 aliphatic heterocycles. The highest BCUT2D eigenvalue weighted by Gasteiger charge is 2.11. The lowest BCUT2D eigenvalue weighted by atomic mass is 10.1. The Balaban J connectivity index is 1.68. The monoisotopic (exact) mass is 378 g/mol. The minimum absolute atomic E-state index is 0.170. The fourth-order valence-corrected chi connectivity index (χ4v) is 2.59. The Kier molecular flexibility index (Phi) is 5.86. The fraction of sp³-hybridized carbons (Fsp3) is 0.0952. The van der Waals surface area contributed by atoms with Crippen LogP contribution in [0.4, 0.5) is 0 Å². The van der Waals surface area contributed by atoms with Crippen LogP contribution in [-0.4, -0.2) is 29.8 Å². The number of carbonyl (C=O) groups excluding carboxylic acids is 1. The third kappa shape index (κ3) is 4.64. The fourth-order valence-electron chi connectivity index (χ4n) is 2.59. The summed E-state index contributed by atoms with van der Waals surface area (Å²) in [4.78, 5) is 22.8. The number of amides is 1. The van der Waals surface area contributed by atoms with Crippen LogP contribution >= 0.6 is 0 Å². The number of hydrogen-bond acceptors (Lipinski definition) is 5. The van der Waals surface area contributed by atoms with E-state index in [0.717, 1.165) is 10.9 Å². The number of nitrogens with zero attached hydrogens (tertiary/aromatic N) is 1. The second kappa shape index (κ2) is 8.68. The summed E-state index contributed by atoms with van der Waals surface area (Å²) in [5.74, 6) is -0.877. The molecule has 28 heavy (non-hydrogen) atoms. The van der Waals surface area contributed by atoms with E-state index in [0.29, 0.717) is 23.3 Å². The molecular formula is C21H18N2O5. The highest BCUT2D eigenvalue weighted by molar-refractivity contribution is 5.96. The molecule has 0 aliphatic rings. The molecule has 0 aliphatic carbocycles. The molecule has 0 spiro atoms. The van der Waals surface area contributed by atoms with Crippen molar-refractivity contribution in [2.24, 2.45) is 5.10 Å². The SMILES string of the molecule is C=CCc1cc(/C=N/NC(=O)c2cc3ccccc3o2)ccc1OCC(=O)O. The molecule has 0 atom stereocenters. The average molecular weight is 378 g/mol. The van der Waals surface area contributed by atoms with Gasteiger partial charge in [-0.2, -0.15) is 5.10 Å². The van der Waals surface area contributed by atoms with Crippen molar-refractivity contribution in [3.63, 3.8) is 0 Å². The van der Waals surface area contributed by atoms with Gasteiger partial charge in [0.05, 0.1) is 6.21 Å². The number of aliphatic carboxylic acids is 1. The first kappa shape index (κ1) is 18.9. The van der Waals surface area contributed by atoms with Crippen LogP contribution < -0.4 is 10.2 Å². The number of ether oxygens (including phenoxy) is 1. The number of hydrazone groups is 1. The van der Waals surface area contributed by atoms with E-state index in [2.05, 4.69) is 17.1 Å². The highest BCUT2D eigenvalue weighted by Crippen LogP contribution is 2.21. The molecule has 2 aromatic carbocycles. The average Bonchev–Trinajstić information content (AvgIpc) is 3.12. The van der Waals surface area contributed by atoms with Gasteiger partial charge >= 0.3 is 11.9 Å². The summed E-state index contributed by atoms with van der Waals surface area (Å²) in [6.45, 7) is 3.26. The minimum Gasteiger partial charge on any atom is -0.482 e. The zero-order valence-electron chi connectivity index (χ0n) is 14.9. The van der Waals surface area contributed by atoms with Crippen molar-refractivity contribution < 1.29 is 23.8 Å². The number of hydrogen-bond donors (Lipinski definition) is 2. The topological polar surface area (TPSA) is 101 Å². The number of benzene rings is 2. The van der Waals surface area contributed by atoms with Crippen molar-refractivity contribution in [2.75, 3.05) is 6.61 Å². The predicted octanol–water partition coefficient (Wildman–Crippen LogP) is 3.39. The predicted molar refractivity (Wildman–Crippen MR) is 105 cm³/mol. The number of allylic oxidation sites excluding steroid dienone is 1. The summed E-state index contributed by atoms with van der Waals surface area (Å²) >= 11 is 0. The molecule has 0 saturated heterocycles. The summed E-state index contributed by atoms with van der Waals surface area (Å²) in [7, 11) is 0. The van der Waals surface area contributed by atoms with Crippen LogP contribution in [0.25, 0.3) is 11.0 Å². The summed E-state index contributed by atoms with van der Waals surface area (Å²) in [5.41, 5.74) is 4.53. The molecule has 2 N–H and O–H groups in total. The standard InChI is InChI=1S/C21H18N2O5/c1-2-5-15-10-14(8-9-17(15)27-13-20(24)25)12-22-23-21(26)19-11-16-6-3-4-7-18(16)28-19/h2-4,6-12H,1,5,13H2,(H,23,26)(H,24,25)/b22-12+. The Morgan fingerprint density at radius 1 is 1.21 bits per heavy atom. The van der Waals surface area contributed by atoms with Crippen LogP contribution in [0.5, 0.6) is 5.75 Å². The molecule has 0 unspecified atom stereocenters. The highest BCUT2D eigenvalue weighted by atomic mass is 16.5. The number of carboxylic acid groups (broad SMARTS) is 1. The van der Waals surface area contributed by atoms with Gasteiger partial charge in [-0.1, -0.05) is 24.3 Å². The number of nitrogens with one attached hydrogen (secondary N) is 1. The zero-order valence-corrected chi connectivity index (χ0v) is 14.9. The Labute approximate surface area is 160 Å². The Hall–Kier alpha value is -3.87. The first-order valence-corrected chi connectivity index (χ1v) is 8.47. The van der Waals surface area contributed by atoms with Crippen LogP contribution in [0, 0.1) is 0 Å². The Morgan fingerprint density at radius 3 is 2.79 bits per heavy atom. The van der Waals surface area contributed by atoms with Gasteiger partial charge in [0.15, 0.2) is 12.4 Å². The van der Waals surface area contributed by atoms with Crippen molar-refractivity contribution in [1.29, 1.82) is 0 Å². The third-order valence-electron chi connectivity index (χ3n) is 3.83. The quantitative estimate of drug-likeness (QED) is 0.355. The lowest BCUT2D eigenvalue weighted by Gasteiger charge is -2.09. The molecule has 3 aromatic rings. The summed E-state index contributed by atoms with van der Waals surface area (Å²) in [5, 5.41) is 13.5. The summed E-state index contributed by atoms with van der Waals surface area (Å²) < 4.78 is 10.7. The van der Waals surface area contributed by atoms with Gasteiger partial charge in [0.2, 0.25) is 0 Å². The van der Waals surface area contributed by atoms with Gasteiger partial charge in [0, 0.05) is 5.39 Å². The van der Waals surface area contributed by atoms with Crippen LogP contribution in [0.15, 0.2) is 70.7 Å². The lowest BCUT2D eigenvalue weighted by molar-refractivity contribution is -0.139. The second-order valence-corrected chi connectivity index (χ2v) is 5.89. The van der Waals surface area contributed by atoms with E-state index in [-0.39, 0.29) is 5.76 Å². The molecule has 0 fully saturated rings. The van der Waals surface area contributed by atoms with Gasteiger partial charge in [-0.15, -0.1) is 6.58 Å². The number of carboxylic acids is 1. The van der Waals surface area contributed by atoms with Crippen LogP contribution in [0.2, 0.25) is 0 Å². The van der Waals surface area contributed by atoms with Crippen LogP contribution in [0.1, 0.15) is 21.7 Å². The summed E-state index contributed by atoms with van der Waals surface area (Å²) in [6, 6.07) is 14.1. The Morgan fingerprint density at radius 2 is 2.04 bits per heavy atom. The van der Waals surface area contributed by atoms with E-state index >= 15 is 0 Å². The number of rotatable bonds is 8. The summed E-state index contributed by atoms with van der Waals surface area (Å²) in [6.07, 6.45) is 3.67. The van der Waals surface area contributed by atoms with Gasteiger partial charge in [-0.05, 0) is 47.9 Å². The molecule has 1 amide bonds. The lowest BCUT2D eigenvalue weighted by Crippen LogP contribution is -2.16. The largest absolute Gasteiger partial charge is 0.482 e. The van der Waals surface area contributed by atoms with Crippen molar-refractivity contribution in [1.82, 2.24) is 5.43 Å². The van der Waals surface area contributed by atoms with Crippen molar-refractivity contribution in [3.8, 4) is 5.75 Å². The van der Waals surface area contributed by atoms with E-state index < -0.39 is 18.5 Å². The second-order valence-electron chi connectivity index (χ2n) is 5.89. The smallest absolute Gasteiger partial charge is 0.341 e. The van der Waals surface area contributed by atoms with Crippen molar-refractivity contribution in [3.05, 3.63) is 78.1 Å². The number of fused-ring (bicyclic) bond motifs is 1. The van der Waals surface area contributed by atoms with E-state index in [1.165, 1.54) is 6.21 Å². The van der Waals surface area contributed by atoms with E-state index in [1.54, 1.807) is 36.4 Å². The molecule has 7 heteroatoms. The molecule has 1 heterocycles. The maximum atomic E-state index is 12.2.